The van der Waals surface area contributed by atoms with Crippen molar-refractivity contribution in [3.63, 3.8) is 0 Å². The molecule has 2 aromatic rings. The quantitative estimate of drug-likeness (QED) is 0.870. The fourth-order valence-electron chi connectivity index (χ4n) is 1.38. The van der Waals surface area contributed by atoms with Crippen molar-refractivity contribution in [1.29, 1.82) is 5.26 Å². The predicted molar refractivity (Wildman–Crippen MR) is 63.8 cm³/mol. The second-order valence-corrected chi connectivity index (χ2v) is 4.04. The van der Waals surface area contributed by atoms with Crippen LogP contribution in [-0.4, -0.2) is 10.1 Å². The highest BCUT2D eigenvalue weighted by molar-refractivity contribution is 9.10. The van der Waals surface area contributed by atoms with Crippen LogP contribution in [0.2, 0.25) is 0 Å². The van der Waals surface area contributed by atoms with Gasteiger partial charge in [0.1, 0.15) is 5.75 Å². The van der Waals surface area contributed by atoms with Crippen LogP contribution in [0.1, 0.15) is 5.56 Å². The average Bonchev–Trinajstić information content (AvgIpc) is 2.33. The van der Waals surface area contributed by atoms with Gasteiger partial charge in [0.05, 0.1) is 21.8 Å². The van der Waals surface area contributed by atoms with Crippen molar-refractivity contribution in [2.45, 2.75) is 0 Å². The van der Waals surface area contributed by atoms with Crippen LogP contribution in [0.15, 0.2) is 41.0 Å². The first-order valence-electron chi connectivity index (χ1n) is 4.56. The van der Waals surface area contributed by atoms with Crippen molar-refractivity contribution in [3.05, 3.63) is 46.6 Å². The van der Waals surface area contributed by atoms with Crippen molar-refractivity contribution in [2.75, 3.05) is 0 Å². The van der Waals surface area contributed by atoms with E-state index in [-0.39, 0.29) is 5.75 Å². The van der Waals surface area contributed by atoms with Crippen LogP contribution >= 0.6 is 15.9 Å². The van der Waals surface area contributed by atoms with Crippen LogP contribution in [0.3, 0.4) is 0 Å². The van der Waals surface area contributed by atoms with Crippen LogP contribution in [-0.2, 0) is 0 Å². The molecule has 0 aliphatic carbocycles. The van der Waals surface area contributed by atoms with E-state index in [4.69, 9.17) is 5.26 Å². The van der Waals surface area contributed by atoms with Gasteiger partial charge in [-0.25, -0.2) is 0 Å². The van der Waals surface area contributed by atoms with Gasteiger partial charge < -0.3 is 5.11 Å². The molecule has 0 aliphatic rings. The average molecular weight is 275 g/mol. The minimum absolute atomic E-state index is 0.0951. The Kier molecular flexibility index (Phi) is 2.88. The van der Waals surface area contributed by atoms with Gasteiger partial charge in [-0.15, -0.1) is 0 Å². The summed E-state index contributed by atoms with van der Waals surface area (Å²) in [5.41, 5.74) is 1.66. The number of nitrogens with zero attached hydrogens (tertiary/aromatic N) is 2. The van der Waals surface area contributed by atoms with E-state index in [1.165, 1.54) is 0 Å². The maximum atomic E-state index is 9.87. The van der Waals surface area contributed by atoms with Gasteiger partial charge in [0.25, 0.3) is 0 Å². The zero-order valence-corrected chi connectivity index (χ0v) is 9.77. The summed E-state index contributed by atoms with van der Waals surface area (Å²) in [6.45, 7) is 0. The molecule has 0 spiro atoms. The molecule has 1 aromatic heterocycles. The van der Waals surface area contributed by atoms with E-state index in [0.717, 1.165) is 0 Å². The molecule has 0 radical (unpaired) electrons. The molecule has 3 nitrogen and oxygen atoms in total. The lowest BCUT2D eigenvalue weighted by atomic mass is 10.1. The largest absolute Gasteiger partial charge is 0.506 e. The van der Waals surface area contributed by atoms with Gasteiger partial charge in [0, 0.05) is 11.8 Å². The monoisotopic (exact) mass is 274 g/mol. The van der Waals surface area contributed by atoms with E-state index in [0.29, 0.717) is 21.3 Å². The number of pyridine rings is 1. The molecule has 0 fully saturated rings. The number of aromatic nitrogens is 1. The summed E-state index contributed by atoms with van der Waals surface area (Å²) >= 11 is 3.21. The predicted octanol–water partition coefficient (Wildman–Crippen LogP) is 3.09. The number of halogens is 1. The van der Waals surface area contributed by atoms with Crippen molar-refractivity contribution in [1.82, 2.24) is 4.98 Å². The molecule has 2 rings (SSSR count). The van der Waals surface area contributed by atoms with Gasteiger partial charge in [-0.05, 0) is 40.2 Å². The Labute approximate surface area is 101 Å². The van der Waals surface area contributed by atoms with Crippen LogP contribution in [0, 0.1) is 11.3 Å². The van der Waals surface area contributed by atoms with Gasteiger partial charge in [0.2, 0.25) is 0 Å². The van der Waals surface area contributed by atoms with E-state index < -0.39 is 0 Å². The summed E-state index contributed by atoms with van der Waals surface area (Å²) in [4.78, 5) is 4.14. The maximum Gasteiger partial charge on any atom is 0.139 e. The van der Waals surface area contributed by atoms with Crippen LogP contribution < -0.4 is 0 Å². The second kappa shape index (κ2) is 4.33. The molecule has 1 N–H and O–H groups in total. The summed E-state index contributed by atoms with van der Waals surface area (Å²) in [7, 11) is 0. The number of hydrogen-bond acceptors (Lipinski definition) is 3. The highest BCUT2D eigenvalue weighted by Gasteiger charge is 2.10. The number of aromatic hydroxyl groups is 1. The maximum absolute atomic E-state index is 9.87. The summed E-state index contributed by atoms with van der Waals surface area (Å²) in [6.07, 6.45) is 1.64. The molecule has 0 unspecified atom stereocenters. The minimum Gasteiger partial charge on any atom is -0.506 e. The Bertz CT molecular complexity index is 561. The lowest BCUT2D eigenvalue weighted by Gasteiger charge is -2.06. The smallest absolute Gasteiger partial charge is 0.139 e. The first-order valence-corrected chi connectivity index (χ1v) is 5.35. The van der Waals surface area contributed by atoms with Crippen molar-refractivity contribution in [3.8, 4) is 23.1 Å². The van der Waals surface area contributed by atoms with Crippen LogP contribution in [0.25, 0.3) is 11.3 Å². The Balaban J connectivity index is 2.66. The molecule has 1 aromatic carbocycles. The standard InChI is InChI=1S/C12H7BrN2O/c13-10-6-8(7-14)5-9(12(10)16)11-3-1-2-4-15-11/h1-6,16H. The Hall–Kier alpha value is -1.86. The van der Waals surface area contributed by atoms with Crippen LogP contribution in [0.4, 0.5) is 0 Å². The molecular weight excluding hydrogens is 268 g/mol. The van der Waals surface area contributed by atoms with Crippen molar-refractivity contribution in [2.24, 2.45) is 0 Å². The van der Waals surface area contributed by atoms with E-state index in [2.05, 4.69) is 20.9 Å². The number of rotatable bonds is 1. The molecule has 1 heterocycles. The Morgan fingerprint density at radius 1 is 1.31 bits per heavy atom. The Morgan fingerprint density at radius 3 is 2.75 bits per heavy atom. The number of nitriles is 1. The fraction of sp³-hybridized carbons (Fsp3) is 0. The third-order valence-electron chi connectivity index (χ3n) is 2.13. The highest BCUT2D eigenvalue weighted by atomic mass is 79.9. The summed E-state index contributed by atoms with van der Waals surface area (Å²) in [6, 6.07) is 10.6. The minimum atomic E-state index is 0.0951. The summed E-state index contributed by atoms with van der Waals surface area (Å²) in [5.74, 6) is 0.0951. The molecular formula is C12H7BrN2O. The Morgan fingerprint density at radius 2 is 2.12 bits per heavy atom. The third kappa shape index (κ3) is 1.90. The molecule has 0 saturated carbocycles. The number of hydrogen-bond donors (Lipinski definition) is 1. The molecule has 0 saturated heterocycles. The second-order valence-electron chi connectivity index (χ2n) is 3.18. The molecule has 0 aliphatic heterocycles. The summed E-state index contributed by atoms with van der Waals surface area (Å²) < 4.78 is 0.493. The van der Waals surface area contributed by atoms with Gasteiger partial charge in [-0.1, -0.05) is 6.07 Å². The summed E-state index contributed by atoms with van der Waals surface area (Å²) in [5, 5.41) is 18.7. The van der Waals surface area contributed by atoms with E-state index in [9.17, 15) is 5.11 Å². The lowest BCUT2D eigenvalue weighted by molar-refractivity contribution is 0.473. The fourth-order valence-corrected chi connectivity index (χ4v) is 1.84. The highest BCUT2D eigenvalue weighted by Crippen LogP contribution is 2.35. The SMILES string of the molecule is N#Cc1cc(Br)c(O)c(-c2ccccn2)c1. The van der Waals surface area contributed by atoms with Crippen molar-refractivity contribution < 1.29 is 5.11 Å². The van der Waals surface area contributed by atoms with E-state index >= 15 is 0 Å². The molecule has 4 heteroatoms. The molecule has 16 heavy (non-hydrogen) atoms. The number of benzene rings is 1. The lowest BCUT2D eigenvalue weighted by Crippen LogP contribution is -1.86. The van der Waals surface area contributed by atoms with Gasteiger partial charge >= 0.3 is 0 Å². The third-order valence-corrected chi connectivity index (χ3v) is 2.74. The molecule has 0 amide bonds. The van der Waals surface area contributed by atoms with Crippen LogP contribution in [0.5, 0.6) is 5.75 Å². The van der Waals surface area contributed by atoms with E-state index in [1.807, 2.05) is 12.1 Å². The molecule has 0 atom stereocenters. The van der Waals surface area contributed by atoms with Gasteiger partial charge in [-0.2, -0.15) is 5.26 Å². The first-order chi connectivity index (χ1) is 7.72. The van der Waals surface area contributed by atoms with Gasteiger partial charge in [0.15, 0.2) is 0 Å². The van der Waals surface area contributed by atoms with E-state index in [1.54, 1.807) is 30.5 Å². The van der Waals surface area contributed by atoms with Crippen molar-refractivity contribution >= 4 is 15.9 Å². The number of phenolic OH excluding ortho intramolecular Hbond substituents is 1. The number of phenols is 1. The zero-order chi connectivity index (χ0) is 11.5. The topological polar surface area (TPSA) is 56.9 Å². The molecule has 78 valence electrons. The zero-order valence-electron chi connectivity index (χ0n) is 8.18. The van der Waals surface area contributed by atoms with Gasteiger partial charge in [-0.3, -0.25) is 4.98 Å². The first kappa shape index (κ1) is 10.7. The normalized spacial score (nSPS) is 9.75. The molecule has 0 bridgehead atoms.